The van der Waals surface area contributed by atoms with Crippen LogP contribution in [0.5, 0.6) is 0 Å². The molecule has 0 spiro atoms. The zero-order chi connectivity index (χ0) is 8.27. The summed E-state index contributed by atoms with van der Waals surface area (Å²) in [6.07, 6.45) is 0. The summed E-state index contributed by atoms with van der Waals surface area (Å²) in [4.78, 5) is 0. The van der Waals surface area contributed by atoms with E-state index >= 15 is 0 Å². The topological polar surface area (TPSA) is 32.3 Å². The zero-order valence-electron chi connectivity index (χ0n) is 6.26. The molecule has 3 heteroatoms. The first-order valence-electron chi connectivity index (χ1n) is 3.36. The van der Waals surface area contributed by atoms with E-state index in [2.05, 4.69) is 0 Å². The largest absolute Gasteiger partial charge is 0.316 e. The Kier molecular flexibility index (Phi) is 2.57. The highest BCUT2D eigenvalue weighted by molar-refractivity contribution is 5.22. The zero-order valence-corrected chi connectivity index (χ0v) is 6.26. The van der Waals surface area contributed by atoms with Gasteiger partial charge in [-0.3, -0.25) is 0 Å². The van der Waals surface area contributed by atoms with E-state index in [1.165, 1.54) is 6.07 Å². The number of hydrogen-bond acceptors (Lipinski definition) is 2. The Hall–Kier alpha value is -0.930. The number of nitrogens with one attached hydrogen (secondary N) is 1. The van der Waals surface area contributed by atoms with Crippen LogP contribution in [0.3, 0.4) is 0 Å². The lowest BCUT2D eigenvalue weighted by Crippen LogP contribution is -2.07. The maximum Gasteiger partial charge on any atom is 0.128 e. The van der Waals surface area contributed by atoms with Crippen molar-refractivity contribution in [1.29, 1.82) is 0 Å². The Morgan fingerprint density at radius 1 is 1.55 bits per heavy atom. The highest BCUT2D eigenvalue weighted by atomic mass is 19.1. The molecule has 0 saturated carbocycles. The van der Waals surface area contributed by atoms with Gasteiger partial charge in [0, 0.05) is 12.1 Å². The van der Waals surface area contributed by atoms with Crippen LogP contribution < -0.4 is 5.48 Å². The van der Waals surface area contributed by atoms with Gasteiger partial charge in [-0.25, -0.2) is 9.87 Å². The number of benzene rings is 1. The lowest BCUT2D eigenvalue weighted by atomic mass is 10.1. The minimum Gasteiger partial charge on any atom is -0.316 e. The molecule has 0 aromatic heterocycles. The molecule has 0 bridgehead atoms. The molecule has 0 heterocycles. The number of hydroxylamine groups is 1. The number of hydrogen-bond donors (Lipinski definition) is 2. The maximum absolute atomic E-state index is 12.9. The Balaban J connectivity index is 2.90. The molecule has 2 N–H and O–H groups in total. The molecule has 0 aliphatic rings. The molecule has 0 fully saturated rings. The first kappa shape index (κ1) is 8.17. The summed E-state index contributed by atoms with van der Waals surface area (Å²) in [5.41, 5.74) is 3.25. The van der Waals surface area contributed by atoms with E-state index in [4.69, 9.17) is 5.21 Å². The fourth-order valence-corrected chi connectivity index (χ4v) is 0.881. The van der Waals surface area contributed by atoms with Gasteiger partial charge in [-0.15, -0.1) is 0 Å². The van der Waals surface area contributed by atoms with Crippen LogP contribution in [-0.2, 0) is 6.54 Å². The monoisotopic (exact) mass is 155 g/mol. The van der Waals surface area contributed by atoms with Gasteiger partial charge in [0.15, 0.2) is 0 Å². The Morgan fingerprint density at radius 2 is 2.27 bits per heavy atom. The molecule has 0 saturated heterocycles. The minimum absolute atomic E-state index is 0.145. The third-order valence-corrected chi connectivity index (χ3v) is 1.48. The molecule has 0 aliphatic heterocycles. The summed E-state index contributed by atoms with van der Waals surface area (Å²) in [6.45, 7) is 1.96. The predicted octanol–water partition coefficient (Wildman–Crippen LogP) is 1.61. The molecule has 0 unspecified atom stereocenters. The Morgan fingerprint density at radius 3 is 2.82 bits per heavy atom. The van der Waals surface area contributed by atoms with Crippen molar-refractivity contribution in [3.05, 3.63) is 35.1 Å². The second kappa shape index (κ2) is 3.46. The molecule has 2 nitrogen and oxygen atoms in total. The molecule has 0 amide bonds. The van der Waals surface area contributed by atoms with Gasteiger partial charge in [0.25, 0.3) is 0 Å². The summed E-state index contributed by atoms with van der Waals surface area (Å²) >= 11 is 0. The van der Waals surface area contributed by atoms with Gasteiger partial charge in [-0.2, -0.15) is 0 Å². The van der Waals surface area contributed by atoms with Crippen molar-refractivity contribution in [3.63, 3.8) is 0 Å². The molecule has 1 aromatic rings. The van der Waals surface area contributed by atoms with Gasteiger partial charge < -0.3 is 5.21 Å². The molecule has 0 atom stereocenters. The van der Waals surface area contributed by atoms with Crippen molar-refractivity contribution >= 4 is 0 Å². The van der Waals surface area contributed by atoms with Gasteiger partial charge in [-0.05, 0) is 18.6 Å². The van der Waals surface area contributed by atoms with Crippen molar-refractivity contribution in [2.24, 2.45) is 0 Å². The van der Waals surface area contributed by atoms with E-state index < -0.39 is 0 Å². The lowest BCUT2D eigenvalue weighted by Gasteiger charge is -2.01. The standard InChI is InChI=1S/C8H10FNO/c1-6-2-3-7(5-10-11)8(9)4-6/h2-4,10-11H,5H2,1H3. The molecule has 60 valence electrons. The van der Waals surface area contributed by atoms with E-state index in [1.54, 1.807) is 12.1 Å². The van der Waals surface area contributed by atoms with Gasteiger partial charge in [0.05, 0.1) is 0 Å². The molecular formula is C8H10FNO. The number of halogens is 1. The summed E-state index contributed by atoms with van der Waals surface area (Å²) in [5, 5.41) is 8.30. The van der Waals surface area contributed by atoms with E-state index in [0.29, 0.717) is 5.56 Å². The van der Waals surface area contributed by atoms with Crippen molar-refractivity contribution in [2.75, 3.05) is 0 Å². The maximum atomic E-state index is 12.9. The fraction of sp³-hybridized carbons (Fsp3) is 0.250. The van der Waals surface area contributed by atoms with Crippen LogP contribution in [0.4, 0.5) is 4.39 Å². The van der Waals surface area contributed by atoms with Crippen LogP contribution >= 0.6 is 0 Å². The fourth-order valence-electron chi connectivity index (χ4n) is 0.881. The third-order valence-electron chi connectivity index (χ3n) is 1.48. The van der Waals surface area contributed by atoms with Crippen molar-refractivity contribution < 1.29 is 9.60 Å². The van der Waals surface area contributed by atoms with E-state index in [9.17, 15) is 4.39 Å². The van der Waals surface area contributed by atoms with Gasteiger partial charge in [0.1, 0.15) is 5.82 Å². The second-order valence-electron chi connectivity index (χ2n) is 2.43. The highest BCUT2D eigenvalue weighted by Crippen LogP contribution is 2.08. The highest BCUT2D eigenvalue weighted by Gasteiger charge is 1.99. The van der Waals surface area contributed by atoms with Crippen LogP contribution in [0.1, 0.15) is 11.1 Å². The van der Waals surface area contributed by atoms with Crippen LogP contribution in [0, 0.1) is 12.7 Å². The van der Waals surface area contributed by atoms with Crippen LogP contribution in [0.25, 0.3) is 0 Å². The molecule has 0 radical (unpaired) electrons. The summed E-state index contributed by atoms with van der Waals surface area (Å²) < 4.78 is 12.9. The summed E-state index contributed by atoms with van der Waals surface area (Å²) in [6, 6.07) is 4.89. The second-order valence-corrected chi connectivity index (χ2v) is 2.43. The van der Waals surface area contributed by atoms with Crippen molar-refractivity contribution in [1.82, 2.24) is 5.48 Å². The average Bonchev–Trinajstić information content (AvgIpc) is 1.95. The van der Waals surface area contributed by atoms with Crippen molar-refractivity contribution in [3.8, 4) is 0 Å². The van der Waals surface area contributed by atoms with Crippen LogP contribution in [-0.4, -0.2) is 5.21 Å². The Bertz CT molecular complexity index is 250. The van der Waals surface area contributed by atoms with E-state index in [1.807, 2.05) is 12.4 Å². The van der Waals surface area contributed by atoms with Gasteiger partial charge in [-0.1, -0.05) is 12.1 Å². The number of aryl methyl sites for hydroxylation is 1. The Labute approximate surface area is 64.6 Å². The lowest BCUT2D eigenvalue weighted by molar-refractivity contribution is 0.160. The SMILES string of the molecule is Cc1ccc(CNO)c(F)c1. The number of rotatable bonds is 2. The van der Waals surface area contributed by atoms with Gasteiger partial charge >= 0.3 is 0 Å². The molecule has 1 rings (SSSR count). The van der Waals surface area contributed by atoms with Crippen LogP contribution in [0.2, 0.25) is 0 Å². The third kappa shape index (κ3) is 2.00. The average molecular weight is 155 g/mol. The minimum atomic E-state index is -0.286. The normalized spacial score (nSPS) is 10.1. The first-order valence-corrected chi connectivity index (χ1v) is 3.36. The quantitative estimate of drug-likeness (QED) is 0.636. The smallest absolute Gasteiger partial charge is 0.128 e. The van der Waals surface area contributed by atoms with Crippen molar-refractivity contribution in [2.45, 2.75) is 13.5 Å². The predicted molar refractivity (Wildman–Crippen MR) is 39.8 cm³/mol. The van der Waals surface area contributed by atoms with Crippen LogP contribution in [0.15, 0.2) is 18.2 Å². The van der Waals surface area contributed by atoms with Gasteiger partial charge in [0.2, 0.25) is 0 Å². The summed E-state index contributed by atoms with van der Waals surface area (Å²) in [5.74, 6) is -0.286. The van der Waals surface area contributed by atoms with E-state index in [0.717, 1.165) is 5.56 Å². The first-order chi connectivity index (χ1) is 5.24. The summed E-state index contributed by atoms with van der Waals surface area (Å²) in [7, 11) is 0. The molecule has 11 heavy (non-hydrogen) atoms. The molecule has 0 aliphatic carbocycles. The molecular weight excluding hydrogens is 145 g/mol. The molecule has 1 aromatic carbocycles. The van der Waals surface area contributed by atoms with E-state index in [-0.39, 0.29) is 12.4 Å².